The Morgan fingerprint density at radius 2 is 1.83 bits per heavy atom. The first-order valence-corrected chi connectivity index (χ1v) is 10.5. The van der Waals surface area contributed by atoms with Gasteiger partial charge in [0.05, 0.1) is 13.2 Å². The smallest absolute Gasteiger partial charge is 0.260 e. The van der Waals surface area contributed by atoms with Crippen LogP contribution in [0.3, 0.4) is 0 Å². The molecule has 1 fully saturated rings. The lowest BCUT2D eigenvalue weighted by Gasteiger charge is -2.28. The maximum Gasteiger partial charge on any atom is 0.260 e. The van der Waals surface area contributed by atoms with Crippen LogP contribution in [0.15, 0.2) is 24.3 Å². The van der Waals surface area contributed by atoms with Gasteiger partial charge in [-0.05, 0) is 44.5 Å². The largest absolute Gasteiger partial charge is 0.484 e. The van der Waals surface area contributed by atoms with Crippen molar-refractivity contribution in [3.05, 3.63) is 24.3 Å². The van der Waals surface area contributed by atoms with Crippen molar-refractivity contribution >= 4 is 17.5 Å². The van der Waals surface area contributed by atoms with Crippen molar-refractivity contribution in [2.45, 2.75) is 52.1 Å². The van der Waals surface area contributed by atoms with Gasteiger partial charge in [0.1, 0.15) is 11.4 Å². The minimum atomic E-state index is -0.844. The van der Waals surface area contributed by atoms with Gasteiger partial charge in [-0.25, -0.2) is 0 Å². The molecule has 0 radical (unpaired) electrons. The van der Waals surface area contributed by atoms with Gasteiger partial charge < -0.3 is 24.4 Å². The van der Waals surface area contributed by atoms with Crippen molar-refractivity contribution in [2.75, 3.05) is 44.8 Å². The molecule has 1 aromatic carbocycles. The minimum absolute atomic E-state index is 0.00839. The number of anilines is 1. The van der Waals surface area contributed by atoms with E-state index in [2.05, 4.69) is 12.2 Å². The summed E-state index contributed by atoms with van der Waals surface area (Å²) in [6.45, 7) is 8.69. The zero-order valence-corrected chi connectivity index (χ0v) is 17.9. The van der Waals surface area contributed by atoms with Crippen molar-refractivity contribution in [1.29, 1.82) is 0 Å². The fourth-order valence-electron chi connectivity index (χ4n) is 3.23. The fraction of sp³-hybridized carbons (Fsp3) is 0.636. The number of amides is 2. The molecule has 0 aromatic heterocycles. The molecule has 2 amide bonds. The Labute approximate surface area is 173 Å². The van der Waals surface area contributed by atoms with Crippen LogP contribution in [-0.4, -0.2) is 61.8 Å². The number of morpholine rings is 1. The highest BCUT2D eigenvalue weighted by molar-refractivity contribution is 5.97. The molecule has 1 N–H and O–H groups in total. The maximum absolute atomic E-state index is 12.8. The van der Waals surface area contributed by atoms with Crippen molar-refractivity contribution in [3.8, 4) is 5.75 Å². The lowest BCUT2D eigenvalue weighted by molar-refractivity contribution is -0.139. The summed E-state index contributed by atoms with van der Waals surface area (Å²) in [4.78, 5) is 26.6. The number of nitrogens with zero attached hydrogens (tertiary/aromatic N) is 1. The molecule has 1 saturated heterocycles. The second-order valence-electron chi connectivity index (χ2n) is 7.38. The Bertz CT molecular complexity index is 643. The first-order valence-electron chi connectivity index (χ1n) is 10.5. The van der Waals surface area contributed by atoms with Crippen molar-refractivity contribution < 1.29 is 23.8 Å². The van der Waals surface area contributed by atoms with E-state index in [1.807, 2.05) is 13.8 Å². The van der Waals surface area contributed by atoms with Crippen LogP contribution in [0.4, 0.5) is 5.69 Å². The molecule has 1 heterocycles. The van der Waals surface area contributed by atoms with Crippen molar-refractivity contribution in [1.82, 2.24) is 4.90 Å². The molecule has 1 aromatic rings. The SMILES string of the molecule is CCCCC[C@](C)(OCC)C(=O)Nc1ccc(OCC(=O)N2CCOCC2)cc1. The van der Waals surface area contributed by atoms with Crippen LogP contribution in [0, 0.1) is 0 Å². The maximum atomic E-state index is 12.8. The normalized spacial score (nSPS) is 16.2. The molecule has 162 valence electrons. The summed E-state index contributed by atoms with van der Waals surface area (Å²) in [5, 5.41) is 2.93. The van der Waals surface area contributed by atoms with Gasteiger partial charge in [0, 0.05) is 25.4 Å². The molecule has 0 unspecified atom stereocenters. The van der Waals surface area contributed by atoms with Crippen molar-refractivity contribution in [3.63, 3.8) is 0 Å². The van der Waals surface area contributed by atoms with E-state index in [0.717, 1.165) is 19.3 Å². The average Bonchev–Trinajstić information content (AvgIpc) is 2.74. The van der Waals surface area contributed by atoms with Crippen LogP contribution in [0.25, 0.3) is 0 Å². The number of rotatable bonds is 11. The topological polar surface area (TPSA) is 77.1 Å². The average molecular weight is 407 g/mol. The van der Waals surface area contributed by atoms with Gasteiger partial charge >= 0.3 is 0 Å². The minimum Gasteiger partial charge on any atom is -0.484 e. The quantitative estimate of drug-likeness (QED) is 0.571. The summed E-state index contributed by atoms with van der Waals surface area (Å²) in [5.74, 6) is 0.386. The van der Waals surface area contributed by atoms with Crippen LogP contribution >= 0.6 is 0 Å². The van der Waals surface area contributed by atoms with Gasteiger partial charge in [0.25, 0.3) is 11.8 Å². The lowest BCUT2D eigenvalue weighted by atomic mass is 9.96. The van der Waals surface area contributed by atoms with Gasteiger partial charge in [0.15, 0.2) is 6.61 Å². The van der Waals surface area contributed by atoms with E-state index >= 15 is 0 Å². The Kier molecular flexibility index (Phi) is 9.41. The number of benzene rings is 1. The van der Waals surface area contributed by atoms with Crippen LogP contribution < -0.4 is 10.1 Å². The summed E-state index contributed by atoms with van der Waals surface area (Å²) < 4.78 is 16.6. The number of nitrogens with one attached hydrogen (secondary N) is 1. The highest BCUT2D eigenvalue weighted by atomic mass is 16.5. The third-order valence-electron chi connectivity index (χ3n) is 5.04. The van der Waals surface area contributed by atoms with Crippen LogP contribution in [0.5, 0.6) is 5.75 Å². The van der Waals surface area contributed by atoms with Gasteiger partial charge in [-0.2, -0.15) is 0 Å². The fourth-order valence-corrected chi connectivity index (χ4v) is 3.23. The van der Waals surface area contributed by atoms with Gasteiger partial charge in [-0.15, -0.1) is 0 Å². The Hall–Kier alpha value is -2.12. The zero-order chi connectivity index (χ0) is 21.1. The first kappa shape index (κ1) is 23.2. The van der Waals surface area contributed by atoms with E-state index < -0.39 is 5.60 Å². The van der Waals surface area contributed by atoms with Crippen LogP contribution in [0.1, 0.15) is 46.5 Å². The Morgan fingerprint density at radius 1 is 1.14 bits per heavy atom. The van der Waals surface area contributed by atoms with Crippen molar-refractivity contribution in [2.24, 2.45) is 0 Å². The first-order chi connectivity index (χ1) is 14.0. The number of carbonyl (C=O) groups is 2. The Balaban J connectivity index is 1.86. The van der Waals surface area contributed by atoms with E-state index in [1.165, 1.54) is 0 Å². The summed E-state index contributed by atoms with van der Waals surface area (Å²) in [6, 6.07) is 7.03. The Morgan fingerprint density at radius 3 is 2.45 bits per heavy atom. The number of unbranched alkanes of at least 4 members (excludes halogenated alkanes) is 2. The van der Waals surface area contributed by atoms with E-state index in [1.54, 1.807) is 29.2 Å². The molecule has 1 aliphatic heterocycles. The van der Waals surface area contributed by atoms with E-state index in [4.69, 9.17) is 14.2 Å². The van der Waals surface area contributed by atoms with E-state index in [0.29, 0.717) is 50.8 Å². The summed E-state index contributed by atoms with van der Waals surface area (Å²) in [6.07, 6.45) is 3.81. The second-order valence-corrected chi connectivity index (χ2v) is 7.38. The van der Waals surface area contributed by atoms with Gasteiger partial charge in [-0.3, -0.25) is 9.59 Å². The molecule has 7 nitrogen and oxygen atoms in total. The molecular formula is C22H34N2O5. The standard InChI is InChI=1S/C22H34N2O5/c1-4-6-7-12-22(3,29-5-2)21(26)23-18-8-10-19(11-9-18)28-17-20(25)24-13-15-27-16-14-24/h8-11H,4-7,12-17H2,1-3H3,(H,23,26)/t22-/m0/s1. The highest BCUT2D eigenvalue weighted by Crippen LogP contribution is 2.23. The second kappa shape index (κ2) is 11.8. The molecule has 1 atom stereocenters. The molecule has 29 heavy (non-hydrogen) atoms. The molecule has 0 spiro atoms. The lowest BCUT2D eigenvalue weighted by Crippen LogP contribution is -2.43. The number of ether oxygens (including phenoxy) is 3. The van der Waals surface area contributed by atoms with Crippen LogP contribution in [0.2, 0.25) is 0 Å². The molecule has 7 heteroatoms. The monoisotopic (exact) mass is 406 g/mol. The van der Waals surface area contributed by atoms with Crippen LogP contribution in [-0.2, 0) is 19.1 Å². The molecule has 2 rings (SSSR count). The number of carbonyl (C=O) groups excluding carboxylic acids is 2. The number of hydrogen-bond donors (Lipinski definition) is 1. The summed E-state index contributed by atoms with van der Waals surface area (Å²) in [7, 11) is 0. The summed E-state index contributed by atoms with van der Waals surface area (Å²) >= 11 is 0. The third-order valence-corrected chi connectivity index (χ3v) is 5.04. The predicted molar refractivity (Wildman–Crippen MR) is 112 cm³/mol. The van der Waals surface area contributed by atoms with E-state index in [-0.39, 0.29) is 18.4 Å². The molecule has 1 aliphatic rings. The van der Waals surface area contributed by atoms with E-state index in [9.17, 15) is 9.59 Å². The third kappa shape index (κ3) is 7.33. The molecule has 0 bridgehead atoms. The number of hydrogen-bond acceptors (Lipinski definition) is 5. The molecule has 0 aliphatic carbocycles. The predicted octanol–water partition coefficient (Wildman–Crippen LogP) is 3.24. The zero-order valence-electron chi connectivity index (χ0n) is 17.9. The van der Waals surface area contributed by atoms with Gasteiger partial charge in [-0.1, -0.05) is 26.2 Å². The van der Waals surface area contributed by atoms with Gasteiger partial charge in [0.2, 0.25) is 0 Å². The molecular weight excluding hydrogens is 372 g/mol. The molecule has 0 saturated carbocycles. The summed E-state index contributed by atoms with van der Waals surface area (Å²) in [5.41, 5.74) is -0.174. The highest BCUT2D eigenvalue weighted by Gasteiger charge is 2.33.